The van der Waals surface area contributed by atoms with Crippen molar-refractivity contribution < 1.29 is 23.5 Å². The number of hydrogen-bond acceptors (Lipinski definition) is 7. The lowest BCUT2D eigenvalue weighted by atomic mass is 10.1. The summed E-state index contributed by atoms with van der Waals surface area (Å²) in [6.07, 6.45) is 1.57. The van der Waals surface area contributed by atoms with Crippen LogP contribution in [0.2, 0.25) is 5.02 Å². The van der Waals surface area contributed by atoms with Crippen molar-refractivity contribution in [3.63, 3.8) is 0 Å². The predicted molar refractivity (Wildman–Crippen MR) is 114 cm³/mol. The molecule has 0 spiro atoms. The van der Waals surface area contributed by atoms with Gasteiger partial charge in [-0.2, -0.15) is 4.98 Å². The van der Waals surface area contributed by atoms with Crippen LogP contribution < -0.4 is 14.2 Å². The maximum Gasteiger partial charge on any atom is 0.258 e. The third-order valence-corrected chi connectivity index (χ3v) is 5.51. The zero-order valence-electron chi connectivity index (χ0n) is 17.4. The van der Waals surface area contributed by atoms with E-state index in [1.165, 1.54) is 7.11 Å². The van der Waals surface area contributed by atoms with Crippen molar-refractivity contribution in [2.24, 2.45) is 0 Å². The summed E-state index contributed by atoms with van der Waals surface area (Å²) in [6, 6.07) is 10.0. The summed E-state index contributed by atoms with van der Waals surface area (Å²) in [7, 11) is 4.65. The van der Waals surface area contributed by atoms with Crippen LogP contribution in [0.3, 0.4) is 0 Å². The summed E-state index contributed by atoms with van der Waals surface area (Å²) in [6.45, 7) is 0.587. The molecule has 162 valence electrons. The Kier molecular flexibility index (Phi) is 5.99. The van der Waals surface area contributed by atoms with Gasteiger partial charge in [0.25, 0.3) is 5.91 Å². The second kappa shape index (κ2) is 8.85. The van der Waals surface area contributed by atoms with Crippen molar-refractivity contribution in [3.05, 3.63) is 52.9 Å². The number of methoxy groups -OCH3 is 3. The minimum absolute atomic E-state index is 0.165. The second-order valence-electron chi connectivity index (χ2n) is 7.03. The van der Waals surface area contributed by atoms with Gasteiger partial charge in [-0.15, -0.1) is 0 Å². The van der Waals surface area contributed by atoms with Gasteiger partial charge in [-0.05, 0) is 49.2 Å². The Hall–Kier alpha value is -3.26. The van der Waals surface area contributed by atoms with E-state index in [9.17, 15) is 4.79 Å². The summed E-state index contributed by atoms with van der Waals surface area (Å²) in [5, 5.41) is 4.61. The molecule has 1 aromatic heterocycles. The maximum absolute atomic E-state index is 13.2. The van der Waals surface area contributed by atoms with Gasteiger partial charge in [-0.1, -0.05) is 16.8 Å². The van der Waals surface area contributed by atoms with Crippen molar-refractivity contribution in [2.75, 3.05) is 27.9 Å². The molecule has 1 aliphatic rings. The largest absolute Gasteiger partial charge is 0.496 e. The third kappa shape index (κ3) is 4.03. The number of aromatic nitrogens is 2. The Morgan fingerprint density at radius 3 is 2.58 bits per heavy atom. The normalized spacial score (nSPS) is 15.7. The number of likely N-dealkylation sites (tertiary alicyclic amines) is 1. The van der Waals surface area contributed by atoms with Crippen LogP contribution in [0.5, 0.6) is 17.2 Å². The van der Waals surface area contributed by atoms with E-state index in [2.05, 4.69) is 10.1 Å². The molecule has 0 N–H and O–H groups in total. The van der Waals surface area contributed by atoms with Gasteiger partial charge in [-0.3, -0.25) is 4.79 Å². The number of carbonyl (C=O) groups excluding carboxylic acids is 1. The van der Waals surface area contributed by atoms with Gasteiger partial charge in [0, 0.05) is 17.1 Å². The van der Waals surface area contributed by atoms with E-state index in [0.29, 0.717) is 46.1 Å². The molecule has 8 nitrogen and oxygen atoms in total. The molecule has 1 aliphatic heterocycles. The van der Waals surface area contributed by atoms with Gasteiger partial charge in [0.1, 0.15) is 11.8 Å². The minimum atomic E-state index is -0.311. The lowest BCUT2D eigenvalue weighted by Crippen LogP contribution is -2.31. The fraction of sp³-hybridized carbons (Fsp3) is 0.318. The van der Waals surface area contributed by atoms with E-state index in [1.807, 2.05) is 6.07 Å². The van der Waals surface area contributed by atoms with Crippen molar-refractivity contribution >= 4 is 17.5 Å². The molecule has 0 bridgehead atoms. The van der Waals surface area contributed by atoms with Crippen molar-refractivity contribution in [1.82, 2.24) is 15.0 Å². The molecule has 1 atom stereocenters. The van der Waals surface area contributed by atoms with Crippen LogP contribution in [0.4, 0.5) is 0 Å². The first-order valence-corrected chi connectivity index (χ1v) is 10.1. The Morgan fingerprint density at radius 1 is 1.06 bits per heavy atom. The molecule has 0 unspecified atom stereocenters. The molecule has 2 aromatic carbocycles. The molecular weight excluding hydrogens is 422 g/mol. The first-order chi connectivity index (χ1) is 15.0. The summed E-state index contributed by atoms with van der Waals surface area (Å²) in [5.74, 6) is 2.25. The fourth-order valence-electron chi connectivity index (χ4n) is 3.73. The molecule has 0 saturated carbocycles. The highest BCUT2D eigenvalue weighted by molar-refractivity contribution is 6.30. The van der Waals surface area contributed by atoms with E-state index in [1.54, 1.807) is 49.5 Å². The average molecular weight is 444 g/mol. The Labute approximate surface area is 184 Å². The van der Waals surface area contributed by atoms with Crippen molar-refractivity contribution in [1.29, 1.82) is 0 Å². The molecule has 0 radical (unpaired) electrons. The zero-order chi connectivity index (χ0) is 22.0. The molecule has 0 aliphatic carbocycles. The smallest absolute Gasteiger partial charge is 0.258 e. The fourth-order valence-corrected chi connectivity index (χ4v) is 3.89. The highest BCUT2D eigenvalue weighted by Crippen LogP contribution is 2.36. The number of rotatable bonds is 6. The molecular formula is C22H22ClN3O5. The highest BCUT2D eigenvalue weighted by Gasteiger charge is 2.35. The zero-order valence-corrected chi connectivity index (χ0v) is 18.2. The maximum atomic E-state index is 13.2. The lowest BCUT2D eigenvalue weighted by molar-refractivity contribution is 0.0706. The average Bonchev–Trinajstić information content (AvgIpc) is 3.47. The second-order valence-corrected chi connectivity index (χ2v) is 7.46. The van der Waals surface area contributed by atoms with Crippen LogP contribution in [-0.2, 0) is 0 Å². The molecule has 3 aromatic rings. The molecule has 2 heterocycles. The first-order valence-electron chi connectivity index (χ1n) is 9.76. The number of halogens is 1. The van der Waals surface area contributed by atoms with Crippen LogP contribution in [0.1, 0.15) is 35.1 Å². The van der Waals surface area contributed by atoms with E-state index < -0.39 is 0 Å². The Bertz CT molecular complexity index is 1100. The summed E-state index contributed by atoms with van der Waals surface area (Å²) in [5.41, 5.74) is 1.17. The predicted octanol–water partition coefficient (Wildman–Crippen LogP) is 4.39. The molecule has 9 heteroatoms. The van der Waals surface area contributed by atoms with E-state index in [0.717, 1.165) is 18.4 Å². The third-order valence-electron chi connectivity index (χ3n) is 5.28. The monoisotopic (exact) mass is 443 g/mol. The molecule has 1 amide bonds. The quantitative estimate of drug-likeness (QED) is 0.558. The first kappa shape index (κ1) is 21.0. The van der Waals surface area contributed by atoms with Crippen LogP contribution in [0, 0.1) is 0 Å². The van der Waals surface area contributed by atoms with E-state index >= 15 is 0 Å². The van der Waals surface area contributed by atoms with Gasteiger partial charge >= 0.3 is 0 Å². The lowest BCUT2D eigenvalue weighted by Gasteiger charge is -2.22. The standard InChI is InChI=1S/C22H22ClN3O5/c1-28-17-9-6-13(11-19(17)30-3)20-24-21(31-25-20)16-5-4-10-26(16)22(27)15-8-7-14(23)12-18(15)29-2/h6-9,11-12,16H,4-5,10H2,1-3H3/t16-/m0/s1. The number of nitrogens with zero attached hydrogens (tertiary/aromatic N) is 3. The van der Waals surface area contributed by atoms with Crippen LogP contribution in [-0.4, -0.2) is 48.8 Å². The summed E-state index contributed by atoms with van der Waals surface area (Å²) in [4.78, 5) is 19.5. The number of carbonyl (C=O) groups is 1. The Balaban J connectivity index is 1.61. The van der Waals surface area contributed by atoms with Crippen molar-refractivity contribution in [3.8, 4) is 28.6 Å². The van der Waals surface area contributed by atoms with Gasteiger partial charge in [-0.25, -0.2) is 0 Å². The number of ether oxygens (including phenoxy) is 3. The van der Waals surface area contributed by atoms with E-state index in [4.69, 9.17) is 30.3 Å². The molecule has 31 heavy (non-hydrogen) atoms. The van der Waals surface area contributed by atoms with Gasteiger partial charge in [0.15, 0.2) is 11.5 Å². The van der Waals surface area contributed by atoms with Gasteiger partial charge in [0.05, 0.1) is 26.9 Å². The number of amides is 1. The van der Waals surface area contributed by atoms with E-state index in [-0.39, 0.29) is 11.9 Å². The number of benzene rings is 2. The van der Waals surface area contributed by atoms with Crippen LogP contribution >= 0.6 is 11.6 Å². The topological polar surface area (TPSA) is 86.9 Å². The van der Waals surface area contributed by atoms with Crippen LogP contribution in [0.15, 0.2) is 40.9 Å². The summed E-state index contributed by atoms with van der Waals surface area (Å²) >= 11 is 6.03. The SMILES string of the molecule is COc1ccc(-c2noc([C@@H]3CCCN3C(=O)c3ccc(Cl)cc3OC)n2)cc1OC. The summed E-state index contributed by atoms with van der Waals surface area (Å²) < 4.78 is 21.5. The number of hydrogen-bond donors (Lipinski definition) is 0. The van der Waals surface area contributed by atoms with Crippen molar-refractivity contribution in [2.45, 2.75) is 18.9 Å². The highest BCUT2D eigenvalue weighted by atomic mass is 35.5. The molecule has 1 fully saturated rings. The van der Waals surface area contributed by atoms with Gasteiger partial charge in [0.2, 0.25) is 11.7 Å². The molecule has 1 saturated heterocycles. The molecule has 4 rings (SSSR count). The van der Waals surface area contributed by atoms with Gasteiger partial charge < -0.3 is 23.6 Å². The minimum Gasteiger partial charge on any atom is -0.496 e. The Morgan fingerprint density at radius 2 is 1.84 bits per heavy atom. The van der Waals surface area contributed by atoms with Crippen LogP contribution in [0.25, 0.3) is 11.4 Å².